The molecule has 0 spiro atoms. The van der Waals surface area contributed by atoms with Crippen LogP contribution in [0.5, 0.6) is 5.75 Å². The second-order valence-electron chi connectivity index (χ2n) is 3.46. The van der Waals surface area contributed by atoms with E-state index in [0.717, 1.165) is 0 Å². The molecule has 0 aliphatic rings. The molecule has 1 aromatic rings. The molecule has 1 unspecified atom stereocenters. The van der Waals surface area contributed by atoms with Gasteiger partial charge in [0.15, 0.2) is 0 Å². The maximum Gasteiger partial charge on any atom is 0.264 e. The van der Waals surface area contributed by atoms with E-state index in [-0.39, 0.29) is 18.3 Å². The van der Waals surface area contributed by atoms with E-state index in [1.54, 1.807) is 31.2 Å². The Bertz CT molecular complexity index is 427. The van der Waals surface area contributed by atoms with Crippen LogP contribution in [-0.4, -0.2) is 24.8 Å². The quantitative estimate of drug-likeness (QED) is 0.830. The van der Waals surface area contributed by atoms with Crippen LogP contribution in [-0.2, 0) is 10.1 Å². The van der Waals surface area contributed by atoms with Gasteiger partial charge < -0.3 is 4.74 Å². The lowest BCUT2D eigenvalue weighted by atomic mass is 10.3. The molecular weight excluding hydrogens is 252 g/mol. The van der Waals surface area contributed by atoms with Crippen molar-refractivity contribution in [1.82, 2.24) is 0 Å². The molecule has 0 radical (unpaired) electrons. The fourth-order valence-corrected chi connectivity index (χ4v) is 1.88. The van der Waals surface area contributed by atoms with Gasteiger partial charge in [-0.2, -0.15) is 8.42 Å². The first-order valence-electron chi connectivity index (χ1n) is 4.74. The number of hydrogen-bond acceptors (Lipinski definition) is 3. The van der Waals surface area contributed by atoms with E-state index in [9.17, 15) is 8.42 Å². The van der Waals surface area contributed by atoms with E-state index >= 15 is 0 Å². The molecule has 0 aliphatic heterocycles. The van der Waals surface area contributed by atoms with Gasteiger partial charge in [-0.25, -0.2) is 0 Å². The molecule has 0 amide bonds. The van der Waals surface area contributed by atoms with E-state index in [0.29, 0.717) is 10.8 Å². The molecule has 0 heterocycles. The summed E-state index contributed by atoms with van der Waals surface area (Å²) in [6.45, 7) is 1.74. The van der Waals surface area contributed by atoms with Crippen LogP contribution >= 0.6 is 11.6 Å². The summed E-state index contributed by atoms with van der Waals surface area (Å²) in [6, 6.07) is 6.78. The SMILES string of the molecule is CC(CCS(=O)(=O)O)Oc1ccc(Cl)cc1. The topological polar surface area (TPSA) is 63.6 Å². The van der Waals surface area contributed by atoms with Crippen LogP contribution in [0, 0.1) is 0 Å². The Balaban J connectivity index is 2.45. The van der Waals surface area contributed by atoms with Crippen molar-refractivity contribution in [2.24, 2.45) is 0 Å². The number of rotatable bonds is 5. The summed E-state index contributed by atoms with van der Waals surface area (Å²) in [5.41, 5.74) is 0. The minimum absolute atomic E-state index is 0.238. The van der Waals surface area contributed by atoms with Crippen LogP contribution in [0.25, 0.3) is 0 Å². The lowest BCUT2D eigenvalue weighted by Gasteiger charge is -2.13. The lowest BCUT2D eigenvalue weighted by molar-refractivity contribution is 0.217. The van der Waals surface area contributed by atoms with Gasteiger partial charge in [0.05, 0.1) is 11.9 Å². The zero-order valence-electron chi connectivity index (χ0n) is 8.76. The third-order valence-corrected chi connectivity index (χ3v) is 2.94. The van der Waals surface area contributed by atoms with E-state index < -0.39 is 10.1 Å². The van der Waals surface area contributed by atoms with Crippen molar-refractivity contribution in [3.8, 4) is 5.75 Å². The van der Waals surface area contributed by atoms with Crippen molar-refractivity contribution in [2.45, 2.75) is 19.4 Å². The van der Waals surface area contributed by atoms with Gasteiger partial charge in [-0.15, -0.1) is 0 Å². The summed E-state index contributed by atoms with van der Waals surface area (Å²) in [6.07, 6.45) is -0.0512. The van der Waals surface area contributed by atoms with Gasteiger partial charge in [-0.05, 0) is 31.2 Å². The molecule has 0 aliphatic carbocycles. The second-order valence-corrected chi connectivity index (χ2v) is 5.47. The van der Waals surface area contributed by atoms with E-state index in [1.807, 2.05) is 0 Å². The predicted molar refractivity (Wildman–Crippen MR) is 62.6 cm³/mol. The molecule has 0 fully saturated rings. The molecule has 4 nitrogen and oxygen atoms in total. The van der Waals surface area contributed by atoms with Crippen LogP contribution in [0.15, 0.2) is 24.3 Å². The van der Waals surface area contributed by atoms with Crippen molar-refractivity contribution in [3.05, 3.63) is 29.3 Å². The summed E-state index contributed by atoms with van der Waals surface area (Å²) in [5.74, 6) is 0.314. The van der Waals surface area contributed by atoms with Gasteiger partial charge in [0.2, 0.25) is 0 Å². The Labute approximate surface area is 99.9 Å². The van der Waals surface area contributed by atoms with E-state index in [1.165, 1.54) is 0 Å². The number of ether oxygens (including phenoxy) is 1. The molecule has 90 valence electrons. The Morgan fingerprint density at radius 2 is 1.94 bits per heavy atom. The number of halogens is 1. The average Bonchev–Trinajstić information content (AvgIpc) is 2.18. The Morgan fingerprint density at radius 3 is 2.44 bits per heavy atom. The van der Waals surface area contributed by atoms with Gasteiger partial charge in [-0.3, -0.25) is 4.55 Å². The molecule has 0 aromatic heterocycles. The third-order valence-electron chi connectivity index (χ3n) is 1.93. The maximum absolute atomic E-state index is 10.5. The van der Waals surface area contributed by atoms with Crippen molar-refractivity contribution in [2.75, 3.05) is 5.75 Å². The molecule has 16 heavy (non-hydrogen) atoms. The number of benzene rings is 1. The standard InChI is InChI=1S/C10H13ClO4S/c1-8(6-7-16(12,13)14)15-10-4-2-9(11)3-5-10/h2-5,8H,6-7H2,1H3,(H,12,13,14). The summed E-state index contributed by atoms with van der Waals surface area (Å²) >= 11 is 5.70. The Hall–Kier alpha value is -0.780. The zero-order chi connectivity index (χ0) is 12.2. The van der Waals surface area contributed by atoms with Crippen molar-refractivity contribution in [1.29, 1.82) is 0 Å². The minimum atomic E-state index is -3.92. The van der Waals surface area contributed by atoms with Gasteiger partial charge in [0.1, 0.15) is 5.75 Å². The Kier molecular flexibility index (Phi) is 4.58. The molecule has 1 aromatic carbocycles. The van der Waals surface area contributed by atoms with Crippen LogP contribution in [0.4, 0.5) is 0 Å². The fourth-order valence-electron chi connectivity index (χ4n) is 1.12. The molecule has 6 heteroatoms. The second kappa shape index (κ2) is 5.52. The molecule has 0 saturated heterocycles. The van der Waals surface area contributed by atoms with Gasteiger partial charge in [-0.1, -0.05) is 11.6 Å². The number of hydrogen-bond donors (Lipinski definition) is 1. The van der Waals surface area contributed by atoms with Crippen molar-refractivity contribution < 1.29 is 17.7 Å². The van der Waals surface area contributed by atoms with Crippen LogP contribution in [0.3, 0.4) is 0 Å². The third kappa shape index (κ3) is 5.34. The Morgan fingerprint density at radius 1 is 1.38 bits per heavy atom. The first-order chi connectivity index (χ1) is 7.37. The normalized spacial score (nSPS) is 13.4. The van der Waals surface area contributed by atoms with Crippen molar-refractivity contribution in [3.63, 3.8) is 0 Å². The zero-order valence-corrected chi connectivity index (χ0v) is 10.3. The van der Waals surface area contributed by atoms with Crippen LogP contribution < -0.4 is 4.74 Å². The van der Waals surface area contributed by atoms with Crippen molar-refractivity contribution >= 4 is 21.7 Å². The first kappa shape index (κ1) is 13.3. The van der Waals surface area contributed by atoms with Gasteiger partial charge >= 0.3 is 0 Å². The highest BCUT2D eigenvalue weighted by Crippen LogP contribution is 2.17. The highest BCUT2D eigenvalue weighted by atomic mass is 35.5. The molecular formula is C10H13ClO4S. The average molecular weight is 265 g/mol. The van der Waals surface area contributed by atoms with Crippen LogP contribution in [0.2, 0.25) is 5.02 Å². The largest absolute Gasteiger partial charge is 0.491 e. The highest BCUT2D eigenvalue weighted by Gasteiger charge is 2.10. The van der Waals surface area contributed by atoms with Crippen LogP contribution in [0.1, 0.15) is 13.3 Å². The summed E-state index contributed by atoms with van der Waals surface area (Å²) < 4.78 is 35.0. The first-order valence-corrected chi connectivity index (χ1v) is 6.73. The summed E-state index contributed by atoms with van der Waals surface area (Å²) in [4.78, 5) is 0. The molecule has 1 rings (SSSR count). The highest BCUT2D eigenvalue weighted by molar-refractivity contribution is 7.85. The minimum Gasteiger partial charge on any atom is -0.491 e. The predicted octanol–water partition coefficient (Wildman–Crippen LogP) is 2.39. The summed E-state index contributed by atoms with van der Waals surface area (Å²) in [5, 5.41) is 0.609. The molecule has 0 bridgehead atoms. The molecule has 1 atom stereocenters. The van der Waals surface area contributed by atoms with Gasteiger partial charge in [0.25, 0.3) is 10.1 Å². The smallest absolute Gasteiger partial charge is 0.264 e. The van der Waals surface area contributed by atoms with E-state index in [2.05, 4.69) is 0 Å². The maximum atomic E-state index is 10.5. The fraction of sp³-hybridized carbons (Fsp3) is 0.400. The molecule has 1 N–H and O–H groups in total. The lowest BCUT2D eigenvalue weighted by Crippen LogP contribution is -2.17. The summed E-state index contributed by atoms with van der Waals surface area (Å²) in [7, 11) is -3.92. The van der Waals surface area contributed by atoms with Gasteiger partial charge in [0, 0.05) is 11.4 Å². The molecule has 0 saturated carbocycles. The van der Waals surface area contributed by atoms with E-state index in [4.69, 9.17) is 20.9 Å². The monoisotopic (exact) mass is 264 g/mol.